The summed E-state index contributed by atoms with van der Waals surface area (Å²) < 4.78 is 0.516. The van der Waals surface area contributed by atoms with Gasteiger partial charge >= 0.3 is 0 Å². The minimum atomic E-state index is -1.06. The molecule has 0 aromatic heterocycles. The Kier molecular flexibility index (Phi) is 2.99. The molecule has 4 N–H and O–H groups in total. The molecular formula is C22H28NO5+. The number of aromatic hydroxyl groups is 1. The highest BCUT2D eigenvalue weighted by Crippen LogP contribution is 2.66. The summed E-state index contributed by atoms with van der Waals surface area (Å²) in [4.78, 5) is 12.9. The van der Waals surface area contributed by atoms with Crippen LogP contribution in [0.2, 0.25) is 0 Å². The maximum absolute atomic E-state index is 12.9. The number of carbonyl (C=O) groups is 1. The van der Waals surface area contributed by atoms with Crippen molar-refractivity contribution >= 4 is 5.78 Å². The molecule has 150 valence electrons. The third-order valence-electron chi connectivity index (χ3n) is 9.11. The number of Topliss-reactive ketones (excluding diaryl/α,β-unsaturated/α-hetero) is 1. The molecule has 0 amide bonds. The number of piperidine rings is 1. The molecule has 6 rings (SSSR count). The van der Waals surface area contributed by atoms with Gasteiger partial charge in [-0.25, -0.2) is 0 Å². The third-order valence-corrected chi connectivity index (χ3v) is 9.11. The number of aliphatic hydroxyl groups excluding tert-OH is 1. The van der Waals surface area contributed by atoms with E-state index in [9.17, 15) is 25.2 Å². The van der Waals surface area contributed by atoms with Crippen LogP contribution in [0.25, 0.3) is 0 Å². The van der Waals surface area contributed by atoms with Crippen LogP contribution < -0.4 is 0 Å². The van der Waals surface area contributed by atoms with E-state index in [0.717, 1.165) is 23.2 Å². The summed E-state index contributed by atoms with van der Waals surface area (Å²) in [6.07, 6.45) is 2.39. The van der Waals surface area contributed by atoms with Gasteiger partial charge in [0.2, 0.25) is 0 Å². The maximum Gasteiger partial charge on any atom is 0.142 e. The van der Waals surface area contributed by atoms with Crippen LogP contribution in [0.5, 0.6) is 5.75 Å². The number of ketones is 1. The van der Waals surface area contributed by atoms with Crippen LogP contribution in [0, 0.1) is 5.92 Å². The van der Waals surface area contributed by atoms with Gasteiger partial charge in [-0.05, 0) is 35.6 Å². The Morgan fingerprint density at radius 3 is 2.68 bits per heavy atom. The number of hydrogen-bond donors (Lipinski definition) is 4. The molecule has 2 saturated carbocycles. The highest BCUT2D eigenvalue weighted by atomic mass is 16.4. The number of nitrogens with zero attached hydrogens (tertiary/aromatic N) is 1. The van der Waals surface area contributed by atoms with Gasteiger partial charge in [-0.2, -0.15) is 0 Å². The summed E-state index contributed by atoms with van der Waals surface area (Å²) in [5.74, 6) is 0.188. The Bertz CT molecular complexity index is 932. The van der Waals surface area contributed by atoms with Crippen molar-refractivity contribution in [3.63, 3.8) is 0 Å². The second kappa shape index (κ2) is 4.81. The van der Waals surface area contributed by atoms with Crippen LogP contribution in [0.15, 0.2) is 12.1 Å². The van der Waals surface area contributed by atoms with Gasteiger partial charge in [0.25, 0.3) is 0 Å². The van der Waals surface area contributed by atoms with Gasteiger partial charge in [0.15, 0.2) is 0 Å². The Balaban J connectivity index is 1.56. The second-order valence-electron chi connectivity index (χ2n) is 10.4. The fourth-order valence-corrected chi connectivity index (χ4v) is 7.73. The van der Waals surface area contributed by atoms with E-state index in [1.54, 1.807) is 6.07 Å². The summed E-state index contributed by atoms with van der Waals surface area (Å²) in [7, 11) is 2.09. The molecule has 6 heteroatoms. The number of phenolic OH excluding ortho intramolecular Hbond substituents is 1. The van der Waals surface area contributed by atoms with E-state index in [-0.39, 0.29) is 23.5 Å². The molecule has 7 atom stereocenters. The first-order chi connectivity index (χ1) is 13.1. The SMILES string of the molecule is C[N@+]1(CC2(O)CC2O)CC[C@]23c4c5ccc(O)c4C[C@H]2C(=O)CC[C@@]3(O)[C@H]1C5. The molecule has 1 aliphatic heterocycles. The van der Waals surface area contributed by atoms with Crippen LogP contribution >= 0.6 is 0 Å². The van der Waals surface area contributed by atoms with Gasteiger partial charge in [0.1, 0.15) is 35.3 Å². The predicted molar refractivity (Wildman–Crippen MR) is 99.8 cm³/mol. The van der Waals surface area contributed by atoms with Gasteiger partial charge in [0.05, 0.1) is 19.7 Å². The van der Waals surface area contributed by atoms with Crippen molar-refractivity contribution in [2.75, 3.05) is 20.1 Å². The van der Waals surface area contributed by atoms with E-state index >= 15 is 0 Å². The molecular weight excluding hydrogens is 358 g/mol. The summed E-state index contributed by atoms with van der Waals surface area (Å²) in [5, 5.41) is 43.4. The van der Waals surface area contributed by atoms with Crippen molar-refractivity contribution in [2.24, 2.45) is 5.92 Å². The zero-order chi connectivity index (χ0) is 19.7. The van der Waals surface area contributed by atoms with Crippen LogP contribution in [-0.2, 0) is 23.1 Å². The van der Waals surface area contributed by atoms with E-state index in [0.29, 0.717) is 49.6 Å². The predicted octanol–water partition coefficient (Wildman–Crippen LogP) is 0.167. The van der Waals surface area contributed by atoms with Gasteiger partial charge < -0.3 is 24.9 Å². The Labute approximate surface area is 164 Å². The van der Waals surface area contributed by atoms with Crippen LogP contribution in [0.3, 0.4) is 0 Å². The quantitative estimate of drug-likeness (QED) is 0.543. The van der Waals surface area contributed by atoms with E-state index in [1.807, 2.05) is 6.07 Å². The average molecular weight is 386 g/mol. The zero-order valence-corrected chi connectivity index (χ0v) is 16.2. The van der Waals surface area contributed by atoms with Crippen molar-refractivity contribution in [3.8, 4) is 5.75 Å². The highest BCUT2D eigenvalue weighted by Gasteiger charge is 2.75. The fourth-order valence-electron chi connectivity index (χ4n) is 7.73. The minimum Gasteiger partial charge on any atom is -0.508 e. The number of likely N-dealkylation sites (tertiary alicyclic amines) is 1. The minimum absolute atomic E-state index is 0.128. The number of benzene rings is 1. The van der Waals surface area contributed by atoms with Crippen LogP contribution in [0.1, 0.15) is 42.4 Å². The van der Waals surface area contributed by atoms with Crippen LogP contribution in [0.4, 0.5) is 0 Å². The number of rotatable bonds is 2. The molecule has 4 aliphatic carbocycles. The fraction of sp³-hybridized carbons (Fsp3) is 0.682. The maximum atomic E-state index is 12.9. The van der Waals surface area contributed by atoms with Crippen molar-refractivity contribution in [1.82, 2.24) is 0 Å². The number of carbonyl (C=O) groups excluding carboxylic acids is 1. The third kappa shape index (κ3) is 1.73. The molecule has 1 saturated heterocycles. The molecule has 1 aromatic carbocycles. The lowest BCUT2D eigenvalue weighted by molar-refractivity contribution is -0.952. The molecule has 2 bridgehead atoms. The lowest BCUT2D eigenvalue weighted by Crippen LogP contribution is -2.80. The second-order valence-corrected chi connectivity index (χ2v) is 10.4. The smallest absolute Gasteiger partial charge is 0.142 e. The van der Waals surface area contributed by atoms with Crippen molar-refractivity contribution < 1.29 is 29.7 Å². The number of quaternary nitrogens is 1. The topological polar surface area (TPSA) is 98.0 Å². The molecule has 1 aromatic rings. The summed E-state index contributed by atoms with van der Waals surface area (Å²) in [5.41, 5.74) is 0.336. The number of hydrogen-bond acceptors (Lipinski definition) is 5. The average Bonchev–Trinajstić information content (AvgIpc) is 3.05. The van der Waals surface area contributed by atoms with Gasteiger partial charge in [-0.3, -0.25) is 4.79 Å². The molecule has 0 radical (unpaired) electrons. The standard InChI is InChI=1S/C22H27NO5/c1-23(11-20(27)10-18(20)26)7-6-21-14-9-13-15(24)3-2-12(19(13)21)8-17(23)22(21,28)5-4-16(14)25/h2-3,14,17-18,26-28H,4-11H2,1H3/p+1/t14-,17+,18?,20?,21+,22+,23+/m0/s1. The van der Waals surface area contributed by atoms with Crippen LogP contribution in [-0.4, -0.2) is 74.2 Å². The van der Waals surface area contributed by atoms with E-state index < -0.39 is 22.7 Å². The van der Waals surface area contributed by atoms with Gasteiger partial charge in [-0.1, -0.05) is 6.07 Å². The number of aliphatic hydroxyl groups is 3. The molecule has 28 heavy (non-hydrogen) atoms. The Morgan fingerprint density at radius 2 is 1.96 bits per heavy atom. The van der Waals surface area contributed by atoms with Gasteiger partial charge in [0, 0.05) is 37.0 Å². The largest absolute Gasteiger partial charge is 0.508 e. The van der Waals surface area contributed by atoms with Crippen molar-refractivity contribution in [2.45, 2.75) is 67.3 Å². The zero-order valence-electron chi connectivity index (χ0n) is 16.2. The molecule has 1 spiro atoms. The molecule has 5 aliphatic rings. The first-order valence-corrected chi connectivity index (χ1v) is 10.5. The molecule has 2 unspecified atom stereocenters. The molecule has 6 nitrogen and oxygen atoms in total. The number of likely N-dealkylation sites (N-methyl/N-ethyl adjacent to an activating group) is 1. The number of phenols is 1. The van der Waals surface area contributed by atoms with Gasteiger partial charge in [-0.15, -0.1) is 0 Å². The highest BCUT2D eigenvalue weighted by molar-refractivity contribution is 5.87. The van der Waals surface area contributed by atoms with E-state index in [4.69, 9.17) is 0 Å². The summed E-state index contributed by atoms with van der Waals surface area (Å²) >= 11 is 0. The monoisotopic (exact) mass is 386 g/mol. The van der Waals surface area contributed by atoms with Crippen molar-refractivity contribution in [1.29, 1.82) is 0 Å². The first-order valence-electron chi connectivity index (χ1n) is 10.5. The van der Waals surface area contributed by atoms with E-state index in [2.05, 4.69) is 7.05 Å². The van der Waals surface area contributed by atoms with Crippen molar-refractivity contribution in [3.05, 3.63) is 28.8 Å². The lowest BCUT2D eigenvalue weighted by atomic mass is 9.47. The first kappa shape index (κ1) is 17.4. The lowest BCUT2D eigenvalue weighted by Gasteiger charge is -2.65. The Morgan fingerprint density at radius 1 is 1.21 bits per heavy atom. The normalized spacial score (nSPS) is 50.4. The Hall–Kier alpha value is -1.47. The molecule has 1 heterocycles. The van der Waals surface area contributed by atoms with E-state index in [1.165, 1.54) is 0 Å². The molecule has 3 fully saturated rings. The summed E-state index contributed by atoms with van der Waals surface area (Å²) in [6.45, 7) is 1.18. The summed E-state index contributed by atoms with van der Waals surface area (Å²) in [6, 6.07) is 3.56.